The van der Waals surface area contributed by atoms with Crippen LogP contribution in [0.15, 0.2) is 11.0 Å². The fraction of sp³-hybridized carbons (Fsp3) is 0.455. The Morgan fingerprint density at radius 3 is 2.24 bits per heavy atom. The standard InChI is InChI=1S/C15H14Cl2F2N2O2.C7H8F3N3O/c1-6-4-5-21(6)14-10(16)12(18)9(13(19)11(14)17)7-2-3-8(22)20-15(7)23;1-4(2-3-7(8,9)10)5-12-13-6(11)14-5/h6-7H,2-5H2,1H3,(H,20,22,23);1-3H2,(H2,11,13). The maximum Gasteiger partial charge on any atom is 0.389 e. The number of hydrogen-bond donors (Lipinski definition) is 2. The highest BCUT2D eigenvalue weighted by Gasteiger charge is 2.38. The van der Waals surface area contributed by atoms with Gasteiger partial charge in [-0.25, -0.2) is 8.78 Å². The van der Waals surface area contributed by atoms with E-state index >= 15 is 0 Å². The van der Waals surface area contributed by atoms with Gasteiger partial charge in [0.1, 0.15) is 10.0 Å². The highest BCUT2D eigenvalue weighted by atomic mass is 35.5. The minimum absolute atomic E-state index is 0.00936. The lowest BCUT2D eigenvalue weighted by atomic mass is 9.89. The predicted molar refractivity (Wildman–Crippen MR) is 126 cm³/mol. The van der Waals surface area contributed by atoms with Crippen molar-refractivity contribution in [1.29, 1.82) is 0 Å². The normalized spacial score (nSPS) is 19.6. The van der Waals surface area contributed by atoms with Crippen LogP contribution >= 0.6 is 23.2 Å². The Morgan fingerprint density at radius 2 is 1.81 bits per heavy atom. The molecule has 0 saturated carbocycles. The van der Waals surface area contributed by atoms with Crippen LogP contribution in [-0.2, 0) is 9.59 Å². The summed E-state index contributed by atoms with van der Waals surface area (Å²) in [7, 11) is 0. The fourth-order valence-corrected chi connectivity index (χ4v) is 4.45. The Hall–Kier alpha value is -2.93. The zero-order valence-electron chi connectivity index (χ0n) is 19.4. The molecule has 2 amide bonds. The van der Waals surface area contributed by atoms with Gasteiger partial charge in [-0.05, 0) is 26.2 Å². The molecule has 1 aromatic carbocycles. The lowest BCUT2D eigenvalue weighted by Gasteiger charge is -2.42. The van der Waals surface area contributed by atoms with Gasteiger partial charge in [0.2, 0.25) is 17.7 Å². The molecule has 1 aromatic heterocycles. The average Bonchev–Trinajstić information content (AvgIpc) is 3.25. The summed E-state index contributed by atoms with van der Waals surface area (Å²) >= 11 is 12.2. The van der Waals surface area contributed by atoms with Crippen LogP contribution in [-0.4, -0.2) is 40.8 Å². The third-order valence-electron chi connectivity index (χ3n) is 5.92. The summed E-state index contributed by atoms with van der Waals surface area (Å²) in [4.78, 5) is 24.8. The maximum absolute atomic E-state index is 14.7. The number of nitrogens with zero attached hydrogens (tertiary/aromatic N) is 3. The molecule has 4 rings (SSSR count). The van der Waals surface area contributed by atoms with Crippen LogP contribution < -0.4 is 16.0 Å². The van der Waals surface area contributed by atoms with Gasteiger partial charge >= 0.3 is 12.2 Å². The van der Waals surface area contributed by atoms with Crippen LogP contribution in [0.4, 0.5) is 33.7 Å². The highest BCUT2D eigenvalue weighted by molar-refractivity contribution is 6.39. The highest BCUT2D eigenvalue weighted by Crippen LogP contribution is 2.45. The van der Waals surface area contributed by atoms with Crippen molar-refractivity contribution < 1.29 is 36.0 Å². The topological polar surface area (TPSA) is 114 Å². The summed E-state index contributed by atoms with van der Waals surface area (Å²) < 4.78 is 69.5. The van der Waals surface area contributed by atoms with E-state index in [2.05, 4.69) is 22.1 Å². The molecule has 37 heavy (non-hydrogen) atoms. The first-order valence-electron chi connectivity index (χ1n) is 11.0. The molecule has 2 aliphatic heterocycles. The summed E-state index contributed by atoms with van der Waals surface area (Å²) in [6, 6.07) is -0.0987. The first-order valence-corrected chi connectivity index (χ1v) is 11.8. The van der Waals surface area contributed by atoms with Crippen LogP contribution in [0.5, 0.6) is 0 Å². The Kier molecular flexibility index (Phi) is 8.68. The van der Waals surface area contributed by atoms with E-state index < -0.39 is 47.5 Å². The zero-order chi connectivity index (χ0) is 27.7. The molecule has 0 bridgehead atoms. The van der Waals surface area contributed by atoms with Crippen molar-refractivity contribution in [3.8, 4) is 0 Å². The number of piperidine rings is 1. The van der Waals surface area contributed by atoms with E-state index in [1.54, 1.807) is 4.90 Å². The van der Waals surface area contributed by atoms with Crippen molar-refractivity contribution in [3.05, 3.63) is 39.7 Å². The molecule has 2 saturated heterocycles. The summed E-state index contributed by atoms with van der Waals surface area (Å²) in [5, 5.41) is 8.21. The molecule has 8 nitrogen and oxygen atoms in total. The van der Waals surface area contributed by atoms with E-state index in [0.717, 1.165) is 6.42 Å². The molecular weight excluding hydrogens is 548 g/mol. The number of carbonyl (C=O) groups is 2. The quantitative estimate of drug-likeness (QED) is 0.281. The number of nitrogen functional groups attached to an aromatic ring is 1. The molecule has 3 N–H and O–H groups in total. The SMILES string of the molecule is C=C(CCC(F)(F)F)c1nnc(N)o1.CC1CCN1c1c(Cl)c(F)c(C2CCC(=O)NC2=O)c(F)c1Cl. The number of benzene rings is 1. The first kappa shape index (κ1) is 28.6. The number of hydrogen-bond acceptors (Lipinski definition) is 7. The van der Waals surface area contributed by atoms with Gasteiger partial charge in [0.25, 0.3) is 0 Å². The summed E-state index contributed by atoms with van der Waals surface area (Å²) in [6.45, 7) is 5.90. The molecule has 202 valence electrons. The number of nitrogens with two attached hydrogens (primary N) is 1. The van der Waals surface area contributed by atoms with Crippen LogP contribution in [0.1, 0.15) is 56.4 Å². The van der Waals surface area contributed by atoms with Gasteiger partial charge in [0.15, 0.2) is 11.6 Å². The smallest absolute Gasteiger partial charge is 0.389 e. The molecule has 2 aliphatic rings. The Bertz CT molecular complexity index is 1190. The van der Waals surface area contributed by atoms with Gasteiger partial charge in [-0.2, -0.15) is 13.2 Å². The average molecular weight is 570 g/mol. The van der Waals surface area contributed by atoms with Crippen molar-refractivity contribution in [1.82, 2.24) is 15.5 Å². The van der Waals surface area contributed by atoms with E-state index in [-0.39, 0.29) is 58.5 Å². The molecule has 2 aromatic rings. The number of anilines is 2. The molecule has 0 spiro atoms. The lowest BCUT2D eigenvalue weighted by Crippen LogP contribution is -2.46. The van der Waals surface area contributed by atoms with E-state index in [1.807, 2.05) is 6.92 Å². The minimum atomic E-state index is -4.21. The van der Waals surface area contributed by atoms with Crippen molar-refractivity contribution in [2.75, 3.05) is 17.2 Å². The van der Waals surface area contributed by atoms with E-state index in [4.69, 9.17) is 33.4 Å². The van der Waals surface area contributed by atoms with E-state index in [0.29, 0.717) is 6.54 Å². The summed E-state index contributed by atoms with van der Waals surface area (Å²) in [5.41, 5.74) is 4.88. The molecule has 0 radical (unpaired) electrons. The molecule has 3 heterocycles. The van der Waals surface area contributed by atoms with Crippen molar-refractivity contribution >= 4 is 52.3 Å². The number of rotatable bonds is 5. The third-order valence-corrected chi connectivity index (χ3v) is 6.61. The molecule has 15 heteroatoms. The predicted octanol–water partition coefficient (Wildman–Crippen LogP) is 5.40. The van der Waals surface area contributed by atoms with Crippen LogP contribution in [0, 0.1) is 11.6 Å². The number of allylic oxidation sites excluding steroid dienone is 1. The van der Waals surface area contributed by atoms with E-state index in [9.17, 15) is 31.5 Å². The molecule has 2 atom stereocenters. The molecular formula is C22H22Cl2F5N5O3. The number of imide groups is 1. The van der Waals surface area contributed by atoms with Gasteiger partial charge < -0.3 is 15.1 Å². The molecule has 2 fully saturated rings. The van der Waals surface area contributed by atoms with Gasteiger partial charge in [0.05, 0.1) is 11.6 Å². The van der Waals surface area contributed by atoms with Gasteiger partial charge in [-0.15, -0.1) is 5.10 Å². The van der Waals surface area contributed by atoms with Crippen molar-refractivity contribution in [2.45, 2.75) is 57.2 Å². The lowest BCUT2D eigenvalue weighted by molar-refractivity contribution is -0.135. The second-order valence-corrected chi connectivity index (χ2v) is 9.27. The second-order valence-electron chi connectivity index (χ2n) is 8.52. The third kappa shape index (κ3) is 6.50. The number of carbonyl (C=O) groups excluding carboxylic acids is 2. The minimum Gasteiger partial charge on any atom is -0.404 e. The number of aromatic nitrogens is 2. The number of nitrogens with one attached hydrogen (secondary N) is 1. The van der Waals surface area contributed by atoms with Gasteiger partial charge in [0, 0.05) is 36.6 Å². The number of alkyl halides is 3. The fourth-order valence-electron chi connectivity index (χ4n) is 3.79. The molecule has 2 unspecified atom stereocenters. The Balaban J connectivity index is 0.000000233. The van der Waals surface area contributed by atoms with Crippen molar-refractivity contribution in [2.24, 2.45) is 0 Å². The monoisotopic (exact) mass is 569 g/mol. The zero-order valence-corrected chi connectivity index (χ0v) is 20.9. The van der Waals surface area contributed by atoms with Crippen LogP contribution in [0.25, 0.3) is 5.57 Å². The Labute approximate surface area is 218 Å². The number of halogens is 7. The Morgan fingerprint density at radius 1 is 1.19 bits per heavy atom. The largest absolute Gasteiger partial charge is 0.404 e. The van der Waals surface area contributed by atoms with Gasteiger partial charge in [-0.3, -0.25) is 14.9 Å². The van der Waals surface area contributed by atoms with Crippen LogP contribution in [0.2, 0.25) is 10.0 Å². The summed E-state index contributed by atoms with van der Waals surface area (Å²) in [5.74, 6) is -4.35. The first-order chi connectivity index (χ1) is 17.2. The van der Waals surface area contributed by atoms with Crippen molar-refractivity contribution in [3.63, 3.8) is 0 Å². The summed E-state index contributed by atoms with van der Waals surface area (Å²) in [6.07, 6.45) is -4.54. The number of amides is 2. The van der Waals surface area contributed by atoms with E-state index in [1.165, 1.54) is 0 Å². The maximum atomic E-state index is 14.7. The van der Waals surface area contributed by atoms with Gasteiger partial charge in [-0.1, -0.05) is 34.9 Å². The van der Waals surface area contributed by atoms with Crippen LogP contribution in [0.3, 0.4) is 0 Å². The second kappa shape index (κ2) is 11.2. The molecule has 0 aliphatic carbocycles.